The van der Waals surface area contributed by atoms with Gasteiger partial charge in [0.25, 0.3) is 0 Å². The fraction of sp³-hybridized carbons (Fsp3) is 0.100. The lowest BCUT2D eigenvalue weighted by molar-refractivity contribution is -0.135. The first-order chi connectivity index (χ1) is 8.00. The van der Waals surface area contributed by atoms with Gasteiger partial charge in [-0.2, -0.15) is 0 Å². The van der Waals surface area contributed by atoms with E-state index in [4.69, 9.17) is 5.73 Å². The zero-order valence-corrected chi connectivity index (χ0v) is 9.51. The molecule has 90 valence electrons. The Balaban J connectivity index is 2.58. The molecule has 0 unspecified atom stereocenters. The fourth-order valence-corrected chi connectivity index (χ4v) is 1.06. The standard InChI is InChI=1S/C10H10FN3O2S/c11-6-3-1-2-4-7(6)14-10(16)9(15)13-5-8(12)17/h1-4H,5H2,(H2,12,17)(H,13,15)(H,14,16). The number of para-hydroxylation sites is 1. The van der Waals surface area contributed by atoms with Crippen LogP contribution in [0.1, 0.15) is 0 Å². The number of rotatable bonds is 3. The third-order valence-electron chi connectivity index (χ3n) is 1.75. The van der Waals surface area contributed by atoms with Crippen LogP contribution < -0.4 is 16.4 Å². The van der Waals surface area contributed by atoms with Crippen molar-refractivity contribution in [3.63, 3.8) is 0 Å². The highest BCUT2D eigenvalue weighted by Crippen LogP contribution is 2.11. The Morgan fingerprint density at radius 3 is 2.53 bits per heavy atom. The number of halogens is 1. The van der Waals surface area contributed by atoms with E-state index in [1.807, 2.05) is 0 Å². The molecule has 0 fully saturated rings. The molecule has 0 spiro atoms. The van der Waals surface area contributed by atoms with Gasteiger partial charge in [-0.25, -0.2) is 4.39 Å². The molecule has 1 aromatic rings. The van der Waals surface area contributed by atoms with Crippen LogP contribution in [0.5, 0.6) is 0 Å². The Morgan fingerprint density at radius 2 is 1.94 bits per heavy atom. The number of amides is 2. The Kier molecular flexibility index (Phi) is 4.53. The minimum atomic E-state index is -0.980. The summed E-state index contributed by atoms with van der Waals surface area (Å²) in [5.74, 6) is -2.53. The minimum Gasteiger partial charge on any atom is -0.392 e. The van der Waals surface area contributed by atoms with Crippen molar-refractivity contribution in [2.45, 2.75) is 0 Å². The van der Waals surface area contributed by atoms with Crippen molar-refractivity contribution in [2.24, 2.45) is 5.73 Å². The molecule has 0 aliphatic heterocycles. The van der Waals surface area contributed by atoms with Crippen molar-refractivity contribution < 1.29 is 14.0 Å². The summed E-state index contributed by atoms with van der Waals surface area (Å²) in [5, 5.41) is 4.31. The molecular formula is C10H10FN3O2S. The van der Waals surface area contributed by atoms with E-state index in [1.165, 1.54) is 24.3 Å². The molecule has 1 rings (SSSR count). The molecule has 5 nitrogen and oxygen atoms in total. The van der Waals surface area contributed by atoms with Crippen molar-refractivity contribution in [3.8, 4) is 0 Å². The van der Waals surface area contributed by atoms with Gasteiger partial charge in [-0.05, 0) is 12.1 Å². The molecule has 0 aliphatic rings. The van der Waals surface area contributed by atoms with Gasteiger partial charge in [0.1, 0.15) is 5.82 Å². The van der Waals surface area contributed by atoms with Crippen molar-refractivity contribution in [1.29, 1.82) is 0 Å². The second-order valence-corrected chi connectivity index (χ2v) is 3.61. The third-order valence-corrected chi connectivity index (χ3v) is 1.90. The van der Waals surface area contributed by atoms with E-state index in [1.54, 1.807) is 0 Å². The molecule has 0 saturated carbocycles. The number of thiocarbonyl (C=S) groups is 1. The average Bonchev–Trinajstić information content (AvgIpc) is 2.28. The second-order valence-electron chi connectivity index (χ2n) is 3.08. The summed E-state index contributed by atoms with van der Waals surface area (Å²) in [6.07, 6.45) is 0. The van der Waals surface area contributed by atoms with Crippen LogP contribution >= 0.6 is 12.2 Å². The van der Waals surface area contributed by atoms with Gasteiger partial charge in [0.05, 0.1) is 17.2 Å². The van der Waals surface area contributed by atoms with Gasteiger partial charge in [-0.3, -0.25) is 9.59 Å². The minimum absolute atomic E-state index is 0.0528. The molecule has 7 heteroatoms. The van der Waals surface area contributed by atoms with Crippen molar-refractivity contribution >= 4 is 34.7 Å². The number of anilines is 1. The number of carbonyl (C=O) groups is 2. The topological polar surface area (TPSA) is 84.2 Å². The van der Waals surface area contributed by atoms with E-state index in [0.29, 0.717) is 0 Å². The lowest BCUT2D eigenvalue weighted by Gasteiger charge is -2.06. The second kappa shape index (κ2) is 5.90. The zero-order chi connectivity index (χ0) is 12.8. The largest absolute Gasteiger partial charge is 0.392 e. The van der Waals surface area contributed by atoms with Gasteiger partial charge in [0.2, 0.25) is 0 Å². The normalized spacial score (nSPS) is 9.47. The molecular weight excluding hydrogens is 245 g/mol. The monoisotopic (exact) mass is 255 g/mol. The summed E-state index contributed by atoms with van der Waals surface area (Å²) >= 11 is 4.52. The number of nitrogens with two attached hydrogens (primary N) is 1. The van der Waals surface area contributed by atoms with E-state index in [-0.39, 0.29) is 17.2 Å². The highest BCUT2D eigenvalue weighted by molar-refractivity contribution is 7.80. The maximum Gasteiger partial charge on any atom is 0.313 e. The van der Waals surface area contributed by atoms with Crippen molar-refractivity contribution in [3.05, 3.63) is 30.1 Å². The number of benzene rings is 1. The van der Waals surface area contributed by atoms with Crippen molar-refractivity contribution in [2.75, 3.05) is 11.9 Å². The molecule has 0 heterocycles. The van der Waals surface area contributed by atoms with Gasteiger partial charge in [-0.1, -0.05) is 24.4 Å². The van der Waals surface area contributed by atoms with Crippen LogP contribution in [0.4, 0.5) is 10.1 Å². The summed E-state index contributed by atoms with van der Waals surface area (Å²) < 4.78 is 13.1. The highest BCUT2D eigenvalue weighted by atomic mass is 32.1. The fourth-order valence-electron chi connectivity index (χ4n) is 0.989. The van der Waals surface area contributed by atoms with E-state index < -0.39 is 17.6 Å². The Bertz CT molecular complexity index is 465. The molecule has 1 aromatic carbocycles. The van der Waals surface area contributed by atoms with Gasteiger partial charge < -0.3 is 16.4 Å². The van der Waals surface area contributed by atoms with Crippen LogP contribution in [-0.4, -0.2) is 23.3 Å². The first-order valence-electron chi connectivity index (χ1n) is 4.62. The maximum atomic E-state index is 13.1. The lowest BCUT2D eigenvalue weighted by Crippen LogP contribution is -2.39. The van der Waals surface area contributed by atoms with Gasteiger partial charge in [-0.15, -0.1) is 0 Å². The summed E-state index contributed by atoms with van der Waals surface area (Å²) in [6.45, 7) is -0.0845. The highest BCUT2D eigenvalue weighted by Gasteiger charge is 2.14. The molecule has 2 amide bonds. The summed E-state index contributed by atoms with van der Waals surface area (Å²) in [5.41, 5.74) is 5.08. The van der Waals surface area contributed by atoms with Crippen LogP contribution in [0.2, 0.25) is 0 Å². The lowest BCUT2D eigenvalue weighted by atomic mass is 10.3. The molecule has 0 saturated heterocycles. The van der Waals surface area contributed by atoms with Crippen LogP contribution in [0.25, 0.3) is 0 Å². The number of hydrogen-bond acceptors (Lipinski definition) is 3. The summed E-state index contributed by atoms with van der Waals surface area (Å²) in [4.78, 5) is 22.6. The predicted molar refractivity (Wildman–Crippen MR) is 64.8 cm³/mol. The van der Waals surface area contributed by atoms with Crippen LogP contribution in [0, 0.1) is 5.82 Å². The Morgan fingerprint density at radius 1 is 1.29 bits per heavy atom. The Hall–Kier alpha value is -2.02. The first kappa shape index (κ1) is 13.0. The Labute approximate surface area is 102 Å². The SMILES string of the molecule is NC(=S)CNC(=O)C(=O)Nc1ccccc1F. The zero-order valence-electron chi connectivity index (χ0n) is 8.70. The van der Waals surface area contributed by atoms with Crippen LogP contribution in [0.15, 0.2) is 24.3 Å². The molecule has 0 bridgehead atoms. The van der Waals surface area contributed by atoms with Crippen LogP contribution in [0.3, 0.4) is 0 Å². The van der Waals surface area contributed by atoms with Gasteiger partial charge in [0.15, 0.2) is 0 Å². The first-order valence-corrected chi connectivity index (χ1v) is 5.03. The van der Waals surface area contributed by atoms with E-state index >= 15 is 0 Å². The number of carbonyl (C=O) groups excluding carboxylic acids is 2. The summed E-state index contributed by atoms with van der Waals surface area (Å²) in [6, 6.07) is 5.51. The van der Waals surface area contributed by atoms with Gasteiger partial charge >= 0.3 is 11.8 Å². The molecule has 0 aromatic heterocycles. The van der Waals surface area contributed by atoms with Gasteiger partial charge in [0, 0.05) is 0 Å². The molecule has 0 radical (unpaired) electrons. The molecule has 4 N–H and O–H groups in total. The third kappa shape index (κ3) is 4.15. The smallest absolute Gasteiger partial charge is 0.313 e. The molecule has 0 aliphatic carbocycles. The van der Waals surface area contributed by atoms with Crippen LogP contribution in [-0.2, 0) is 9.59 Å². The van der Waals surface area contributed by atoms with Crippen molar-refractivity contribution in [1.82, 2.24) is 5.32 Å². The van der Waals surface area contributed by atoms with E-state index in [9.17, 15) is 14.0 Å². The predicted octanol–water partition coefficient (Wildman–Crippen LogP) is 0.167. The summed E-state index contributed by atoms with van der Waals surface area (Å²) in [7, 11) is 0. The number of hydrogen-bond donors (Lipinski definition) is 3. The van der Waals surface area contributed by atoms with E-state index in [2.05, 4.69) is 22.9 Å². The maximum absolute atomic E-state index is 13.1. The molecule has 17 heavy (non-hydrogen) atoms. The molecule has 0 atom stereocenters. The average molecular weight is 255 g/mol. The van der Waals surface area contributed by atoms with E-state index in [0.717, 1.165) is 0 Å². The quantitative estimate of drug-likeness (QED) is 0.531. The number of nitrogens with one attached hydrogen (secondary N) is 2.